The minimum atomic E-state index is -0.434. The predicted octanol–water partition coefficient (Wildman–Crippen LogP) is 4.54. The van der Waals surface area contributed by atoms with Crippen molar-refractivity contribution >= 4 is 23.4 Å². The van der Waals surface area contributed by atoms with Gasteiger partial charge in [0.1, 0.15) is 11.0 Å². The Labute approximate surface area is 196 Å². The molecule has 33 heavy (non-hydrogen) atoms. The standard InChI is InChI=1S/C25H23N5O2S/c1-16-8-10-18(11-9-16)23-26-25(28-27-23)33-22-21(17-6-4-3-5-7-17)29-30(24(22)31)19-12-14-20(32-2)15-13-19/h3-15,21-22,29H,1-2H3,(H,26,27,28). The number of aryl methyl sites for hydroxylation is 1. The fraction of sp³-hybridized carbons (Fsp3) is 0.160. The molecule has 8 heteroatoms. The highest BCUT2D eigenvalue weighted by Gasteiger charge is 2.43. The smallest absolute Gasteiger partial charge is 0.257 e. The van der Waals surface area contributed by atoms with Crippen LogP contribution in [0.25, 0.3) is 11.4 Å². The van der Waals surface area contributed by atoms with E-state index in [0.717, 1.165) is 22.6 Å². The number of carbonyl (C=O) groups excluding carboxylic acids is 1. The number of thioether (sulfide) groups is 1. The van der Waals surface area contributed by atoms with E-state index in [1.165, 1.54) is 17.3 Å². The number of aromatic amines is 1. The van der Waals surface area contributed by atoms with Crippen LogP contribution in [0.2, 0.25) is 0 Å². The van der Waals surface area contributed by atoms with Crippen molar-refractivity contribution in [2.45, 2.75) is 23.4 Å². The molecule has 0 spiro atoms. The average molecular weight is 458 g/mol. The van der Waals surface area contributed by atoms with Gasteiger partial charge in [0, 0.05) is 5.56 Å². The van der Waals surface area contributed by atoms with E-state index < -0.39 is 5.25 Å². The van der Waals surface area contributed by atoms with Crippen LogP contribution in [0.3, 0.4) is 0 Å². The van der Waals surface area contributed by atoms with Crippen molar-refractivity contribution in [3.8, 4) is 17.1 Å². The summed E-state index contributed by atoms with van der Waals surface area (Å²) < 4.78 is 5.25. The minimum Gasteiger partial charge on any atom is -0.497 e. The van der Waals surface area contributed by atoms with Crippen LogP contribution in [0, 0.1) is 6.92 Å². The highest BCUT2D eigenvalue weighted by Crippen LogP contribution is 2.38. The molecule has 5 rings (SSSR count). The zero-order chi connectivity index (χ0) is 22.8. The number of nitrogens with zero attached hydrogens (tertiary/aromatic N) is 3. The van der Waals surface area contributed by atoms with Crippen LogP contribution in [0.5, 0.6) is 5.75 Å². The summed E-state index contributed by atoms with van der Waals surface area (Å²) >= 11 is 1.36. The van der Waals surface area contributed by atoms with Crippen LogP contribution in [0.15, 0.2) is 84.0 Å². The van der Waals surface area contributed by atoms with E-state index in [1.54, 1.807) is 12.1 Å². The number of carbonyl (C=O) groups is 1. The molecule has 1 saturated heterocycles. The van der Waals surface area contributed by atoms with Gasteiger partial charge in [-0.1, -0.05) is 71.9 Å². The van der Waals surface area contributed by atoms with Gasteiger partial charge in [0.25, 0.3) is 5.91 Å². The topological polar surface area (TPSA) is 83.1 Å². The van der Waals surface area contributed by atoms with Crippen LogP contribution in [0.4, 0.5) is 5.69 Å². The first-order chi connectivity index (χ1) is 16.1. The summed E-state index contributed by atoms with van der Waals surface area (Å²) in [5.41, 5.74) is 7.29. The van der Waals surface area contributed by atoms with Crippen molar-refractivity contribution in [3.63, 3.8) is 0 Å². The molecule has 166 valence electrons. The SMILES string of the molecule is COc1ccc(N2NC(c3ccccc3)C(Sc3n[nH]c(-c4ccc(C)cc4)n3)C2=O)cc1. The number of hydrogen-bond donors (Lipinski definition) is 2. The van der Waals surface area contributed by atoms with Gasteiger partial charge >= 0.3 is 0 Å². The van der Waals surface area contributed by atoms with Crippen molar-refractivity contribution in [3.05, 3.63) is 90.0 Å². The van der Waals surface area contributed by atoms with Gasteiger partial charge in [-0.05, 0) is 36.8 Å². The third-order valence-electron chi connectivity index (χ3n) is 5.55. The Hall–Kier alpha value is -3.62. The fourth-order valence-electron chi connectivity index (χ4n) is 3.75. The van der Waals surface area contributed by atoms with Crippen LogP contribution >= 0.6 is 11.8 Å². The summed E-state index contributed by atoms with van der Waals surface area (Å²) in [5, 5.41) is 9.07. The summed E-state index contributed by atoms with van der Waals surface area (Å²) in [4.78, 5) is 18.1. The van der Waals surface area contributed by atoms with Crippen molar-refractivity contribution in [2.24, 2.45) is 0 Å². The van der Waals surface area contributed by atoms with Gasteiger partial charge in [-0.3, -0.25) is 9.89 Å². The molecule has 0 bridgehead atoms. The van der Waals surface area contributed by atoms with E-state index in [2.05, 4.69) is 20.6 Å². The monoisotopic (exact) mass is 457 g/mol. The van der Waals surface area contributed by atoms with E-state index in [0.29, 0.717) is 11.0 Å². The minimum absolute atomic E-state index is 0.0549. The Balaban J connectivity index is 1.43. The number of hydrazine groups is 1. The Bertz CT molecular complexity index is 1240. The van der Waals surface area contributed by atoms with Crippen LogP contribution in [0.1, 0.15) is 17.2 Å². The summed E-state index contributed by atoms with van der Waals surface area (Å²) in [5.74, 6) is 1.36. The Kier molecular flexibility index (Phi) is 5.85. The first kappa shape index (κ1) is 21.2. The molecule has 2 N–H and O–H groups in total. The molecule has 0 saturated carbocycles. The summed E-state index contributed by atoms with van der Waals surface area (Å²) in [6.45, 7) is 2.04. The Morgan fingerprint density at radius 2 is 1.70 bits per heavy atom. The van der Waals surface area contributed by atoms with E-state index in [9.17, 15) is 4.79 Å². The molecule has 1 amide bonds. The summed E-state index contributed by atoms with van der Waals surface area (Å²) in [6, 6.07) is 25.2. The first-order valence-corrected chi connectivity index (χ1v) is 11.5. The highest BCUT2D eigenvalue weighted by molar-refractivity contribution is 8.00. The number of benzene rings is 3. The third-order valence-corrected chi connectivity index (χ3v) is 6.67. The Morgan fingerprint density at radius 3 is 2.39 bits per heavy atom. The van der Waals surface area contributed by atoms with Gasteiger partial charge in [0.2, 0.25) is 5.16 Å². The molecular weight excluding hydrogens is 434 g/mol. The zero-order valence-electron chi connectivity index (χ0n) is 18.2. The summed E-state index contributed by atoms with van der Waals surface area (Å²) in [7, 11) is 1.62. The van der Waals surface area contributed by atoms with E-state index >= 15 is 0 Å². The van der Waals surface area contributed by atoms with E-state index in [-0.39, 0.29) is 11.9 Å². The number of nitrogens with one attached hydrogen (secondary N) is 2. The number of anilines is 1. The van der Waals surface area contributed by atoms with Gasteiger partial charge in [0.15, 0.2) is 5.82 Å². The van der Waals surface area contributed by atoms with Crippen molar-refractivity contribution in [1.29, 1.82) is 0 Å². The third kappa shape index (κ3) is 4.35. The Morgan fingerprint density at radius 1 is 0.970 bits per heavy atom. The number of rotatable bonds is 6. The second kappa shape index (κ2) is 9.09. The average Bonchev–Trinajstić information content (AvgIpc) is 3.45. The van der Waals surface area contributed by atoms with Crippen molar-refractivity contribution in [1.82, 2.24) is 20.6 Å². The second-order valence-electron chi connectivity index (χ2n) is 7.76. The fourth-order valence-corrected chi connectivity index (χ4v) is 4.78. The van der Waals surface area contributed by atoms with Gasteiger partial charge in [-0.15, -0.1) is 5.10 Å². The van der Waals surface area contributed by atoms with Gasteiger partial charge in [0.05, 0.1) is 18.8 Å². The lowest BCUT2D eigenvalue weighted by molar-refractivity contribution is -0.116. The molecule has 2 atom stereocenters. The maximum absolute atomic E-state index is 13.5. The number of amides is 1. The normalized spacial score (nSPS) is 18.0. The van der Waals surface area contributed by atoms with Crippen LogP contribution in [-0.4, -0.2) is 33.4 Å². The van der Waals surface area contributed by atoms with Gasteiger partial charge < -0.3 is 4.74 Å². The molecule has 2 unspecified atom stereocenters. The molecule has 2 heterocycles. The number of H-pyrrole nitrogens is 1. The first-order valence-electron chi connectivity index (χ1n) is 10.6. The van der Waals surface area contributed by atoms with Crippen LogP contribution < -0.4 is 15.2 Å². The highest BCUT2D eigenvalue weighted by atomic mass is 32.2. The molecule has 4 aromatic rings. The maximum atomic E-state index is 13.5. The lowest BCUT2D eigenvalue weighted by atomic mass is 10.1. The zero-order valence-corrected chi connectivity index (χ0v) is 19.0. The molecule has 7 nitrogen and oxygen atoms in total. The predicted molar refractivity (Wildman–Crippen MR) is 129 cm³/mol. The number of hydrogen-bond acceptors (Lipinski definition) is 6. The van der Waals surface area contributed by atoms with Crippen LogP contribution in [-0.2, 0) is 4.79 Å². The molecule has 3 aromatic carbocycles. The lowest BCUT2D eigenvalue weighted by Gasteiger charge is -2.18. The molecule has 1 aliphatic heterocycles. The summed E-state index contributed by atoms with van der Waals surface area (Å²) in [6.07, 6.45) is 0. The van der Waals surface area contributed by atoms with Crippen molar-refractivity contribution in [2.75, 3.05) is 12.1 Å². The largest absolute Gasteiger partial charge is 0.497 e. The molecule has 0 aliphatic carbocycles. The molecule has 1 aliphatic rings. The van der Waals surface area contributed by atoms with Gasteiger partial charge in [-0.25, -0.2) is 15.4 Å². The lowest BCUT2D eigenvalue weighted by Crippen LogP contribution is -2.35. The quantitative estimate of drug-likeness (QED) is 0.442. The maximum Gasteiger partial charge on any atom is 0.257 e. The number of aromatic nitrogens is 3. The van der Waals surface area contributed by atoms with Crippen molar-refractivity contribution < 1.29 is 9.53 Å². The number of ether oxygens (including phenoxy) is 1. The molecule has 1 fully saturated rings. The van der Waals surface area contributed by atoms with Gasteiger partial charge in [-0.2, -0.15) is 0 Å². The van der Waals surface area contributed by atoms with E-state index in [4.69, 9.17) is 4.74 Å². The second-order valence-corrected chi connectivity index (χ2v) is 8.87. The molecular formula is C25H23N5O2S. The molecule has 1 aromatic heterocycles. The molecule has 0 radical (unpaired) electrons. The number of methoxy groups -OCH3 is 1. The van der Waals surface area contributed by atoms with E-state index in [1.807, 2.05) is 85.8 Å².